The Labute approximate surface area is 96.6 Å². The Bertz CT molecular complexity index is 268. The van der Waals surface area contributed by atoms with Crippen LogP contribution >= 0.6 is 0 Å². The maximum absolute atomic E-state index is 12.1. The standard InChI is InChI=1S/C12H22N2O2/c1-7(4-5-15)14-12(16)10-8-2-3-9(6-8)11(10)13/h7-11,15H,2-6,13H2,1H3,(H,14,16). The fourth-order valence-corrected chi connectivity index (χ4v) is 3.33. The minimum atomic E-state index is 0.0138. The van der Waals surface area contributed by atoms with Gasteiger partial charge in [0.15, 0.2) is 0 Å². The van der Waals surface area contributed by atoms with E-state index in [4.69, 9.17) is 10.8 Å². The lowest BCUT2D eigenvalue weighted by atomic mass is 9.84. The van der Waals surface area contributed by atoms with Crippen molar-refractivity contribution in [2.75, 3.05) is 6.61 Å². The lowest BCUT2D eigenvalue weighted by Crippen LogP contribution is -2.47. The second-order valence-corrected chi connectivity index (χ2v) is 5.36. The van der Waals surface area contributed by atoms with Gasteiger partial charge in [-0.1, -0.05) is 0 Å². The molecule has 2 saturated carbocycles. The zero-order chi connectivity index (χ0) is 11.7. The summed E-state index contributed by atoms with van der Waals surface area (Å²) in [5.74, 6) is 1.18. The fraction of sp³-hybridized carbons (Fsp3) is 0.917. The van der Waals surface area contributed by atoms with E-state index in [-0.39, 0.29) is 30.5 Å². The van der Waals surface area contributed by atoms with Gasteiger partial charge in [0.05, 0.1) is 5.92 Å². The highest BCUT2D eigenvalue weighted by molar-refractivity contribution is 5.80. The summed E-state index contributed by atoms with van der Waals surface area (Å²) in [6.07, 6.45) is 4.10. The Morgan fingerprint density at radius 1 is 1.50 bits per heavy atom. The number of rotatable bonds is 4. The van der Waals surface area contributed by atoms with Crippen LogP contribution < -0.4 is 11.1 Å². The van der Waals surface area contributed by atoms with Gasteiger partial charge in [-0.05, 0) is 44.4 Å². The normalized spacial score (nSPS) is 38.7. The minimum Gasteiger partial charge on any atom is -0.396 e. The zero-order valence-electron chi connectivity index (χ0n) is 9.86. The van der Waals surface area contributed by atoms with Crippen molar-refractivity contribution in [1.29, 1.82) is 0 Å². The van der Waals surface area contributed by atoms with Crippen LogP contribution in [0.2, 0.25) is 0 Å². The van der Waals surface area contributed by atoms with E-state index in [0.29, 0.717) is 18.3 Å². The average Bonchev–Trinajstić information content (AvgIpc) is 2.77. The predicted octanol–water partition coefficient (Wildman–Crippen LogP) is 0.247. The van der Waals surface area contributed by atoms with Crippen molar-refractivity contribution in [2.24, 2.45) is 23.5 Å². The molecule has 0 aromatic rings. The molecule has 2 bridgehead atoms. The van der Waals surface area contributed by atoms with Crippen LogP contribution in [0.1, 0.15) is 32.6 Å². The number of carbonyl (C=O) groups is 1. The molecule has 2 aliphatic carbocycles. The molecule has 5 atom stereocenters. The zero-order valence-corrected chi connectivity index (χ0v) is 9.86. The highest BCUT2D eigenvalue weighted by atomic mass is 16.3. The topological polar surface area (TPSA) is 75.3 Å². The molecule has 5 unspecified atom stereocenters. The third-order valence-electron chi connectivity index (χ3n) is 4.23. The third-order valence-corrected chi connectivity index (χ3v) is 4.23. The first-order valence-corrected chi connectivity index (χ1v) is 6.30. The van der Waals surface area contributed by atoms with Gasteiger partial charge in [-0.3, -0.25) is 4.79 Å². The first-order chi connectivity index (χ1) is 7.63. The predicted molar refractivity (Wildman–Crippen MR) is 61.6 cm³/mol. The van der Waals surface area contributed by atoms with Crippen LogP contribution in [0.3, 0.4) is 0 Å². The third kappa shape index (κ3) is 2.09. The molecule has 4 N–H and O–H groups in total. The minimum absolute atomic E-state index is 0.0138. The molecular weight excluding hydrogens is 204 g/mol. The molecule has 0 radical (unpaired) electrons. The number of carbonyl (C=O) groups excluding carboxylic acids is 1. The quantitative estimate of drug-likeness (QED) is 0.643. The van der Waals surface area contributed by atoms with Crippen molar-refractivity contribution >= 4 is 5.91 Å². The average molecular weight is 226 g/mol. The van der Waals surface area contributed by atoms with E-state index in [9.17, 15) is 4.79 Å². The highest BCUT2D eigenvalue weighted by Crippen LogP contribution is 2.47. The second kappa shape index (κ2) is 4.72. The Morgan fingerprint density at radius 3 is 2.75 bits per heavy atom. The van der Waals surface area contributed by atoms with Gasteiger partial charge in [0.25, 0.3) is 0 Å². The maximum atomic E-state index is 12.1. The summed E-state index contributed by atoms with van der Waals surface area (Å²) < 4.78 is 0. The molecule has 2 aliphatic rings. The van der Waals surface area contributed by atoms with Crippen molar-refractivity contribution in [2.45, 2.75) is 44.7 Å². The lowest BCUT2D eigenvalue weighted by molar-refractivity contribution is -0.127. The molecule has 0 spiro atoms. The van der Waals surface area contributed by atoms with Crippen molar-refractivity contribution < 1.29 is 9.90 Å². The van der Waals surface area contributed by atoms with Crippen LogP contribution in [-0.4, -0.2) is 29.7 Å². The van der Waals surface area contributed by atoms with Gasteiger partial charge < -0.3 is 16.2 Å². The molecule has 0 saturated heterocycles. The Morgan fingerprint density at radius 2 is 2.19 bits per heavy atom. The summed E-state index contributed by atoms with van der Waals surface area (Å²) in [4.78, 5) is 12.1. The van der Waals surface area contributed by atoms with Gasteiger partial charge in [0, 0.05) is 18.7 Å². The molecule has 4 heteroatoms. The number of aliphatic hydroxyl groups excluding tert-OH is 1. The number of hydrogen-bond donors (Lipinski definition) is 3. The Balaban J connectivity index is 1.90. The van der Waals surface area contributed by atoms with Gasteiger partial charge in [-0.25, -0.2) is 0 Å². The summed E-state index contributed by atoms with van der Waals surface area (Å²) >= 11 is 0. The lowest BCUT2D eigenvalue weighted by Gasteiger charge is -2.28. The van der Waals surface area contributed by atoms with Crippen molar-refractivity contribution in [1.82, 2.24) is 5.32 Å². The number of nitrogens with one attached hydrogen (secondary N) is 1. The molecule has 92 valence electrons. The Hall–Kier alpha value is -0.610. The van der Waals surface area contributed by atoms with Gasteiger partial charge in [0.1, 0.15) is 0 Å². The van der Waals surface area contributed by atoms with Gasteiger partial charge >= 0.3 is 0 Å². The molecular formula is C12H22N2O2. The van der Waals surface area contributed by atoms with Crippen LogP contribution in [0.25, 0.3) is 0 Å². The summed E-state index contributed by atoms with van der Waals surface area (Å²) in [5, 5.41) is 11.8. The number of aliphatic hydroxyl groups is 1. The fourth-order valence-electron chi connectivity index (χ4n) is 3.33. The van der Waals surface area contributed by atoms with E-state index >= 15 is 0 Å². The van der Waals surface area contributed by atoms with E-state index in [1.165, 1.54) is 6.42 Å². The van der Waals surface area contributed by atoms with E-state index in [0.717, 1.165) is 12.8 Å². The molecule has 0 aliphatic heterocycles. The summed E-state index contributed by atoms with van der Waals surface area (Å²) in [6, 6.07) is 0.101. The molecule has 4 nitrogen and oxygen atoms in total. The Kier molecular flexibility index (Phi) is 3.50. The van der Waals surface area contributed by atoms with E-state index in [1.807, 2.05) is 6.92 Å². The van der Waals surface area contributed by atoms with Crippen LogP contribution in [0.15, 0.2) is 0 Å². The first-order valence-electron chi connectivity index (χ1n) is 6.30. The van der Waals surface area contributed by atoms with E-state index in [2.05, 4.69) is 5.32 Å². The van der Waals surface area contributed by atoms with Gasteiger partial charge in [-0.15, -0.1) is 0 Å². The van der Waals surface area contributed by atoms with Gasteiger partial charge in [0.2, 0.25) is 5.91 Å². The summed E-state index contributed by atoms with van der Waals surface area (Å²) in [7, 11) is 0. The molecule has 0 heterocycles. The van der Waals surface area contributed by atoms with E-state index < -0.39 is 0 Å². The molecule has 0 aromatic carbocycles. The molecule has 2 fully saturated rings. The monoisotopic (exact) mass is 226 g/mol. The van der Waals surface area contributed by atoms with E-state index in [1.54, 1.807) is 0 Å². The molecule has 0 aromatic heterocycles. The highest BCUT2D eigenvalue weighted by Gasteiger charge is 2.49. The van der Waals surface area contributed by atoms with Crippen LogP contribution in [-0.2, 0) is 4.79 Å². The maximum Gasteiger partial charge on any atom is 0.225 e. The van der Waals surface area contributed by atoms with Crippen molar-refractivity contribution in [3.8, 4) is 0 Å². The number of amides is 1. The summed E-state index contributed by atoms with van der Waals surface area (Å²) in [5.41, 5.74) is 6.10. The number of fused-ring (bicyclic) bond motifs is 2. The van der Waals surface area contributed by atoms with Crippen LogP contribution in [0.4, 0.5) is 0 Å². The van der Waals surface area contributed by atoms with Crippen molar-refractivity contribution in [3.63, 3.8) is 0 Å². The molecule has 1 amide bonds. The summed E-state index contributed by atoms with van der Waals surface area (Å²) in [6.45, 7) is 2.04. The SMILES string of the molecule is CC(CCO)NC(=O)C1C2CCC(C2)C1N. The van der Waals surface area contributed by atoms with Crippen molar-refractivity contribution in [3.05, 3.63) is 0 Å². The van der Waals surface area contributed by atoms with Gasteiger partial charge in [-0.2, -0.15) is 0 Å². The number of nitrogens with two attached hydrogens (primary N) is 1. The largest absolute Gasteiger partial charge is 0.396 e. The smallest absolute Gasteiger partial charge is 0.225 e. The van der Waals surface area contributed by atoms with Crippen LogP contribution in [0.5, 0.6) is 0 Å². The molecule has 16 heavy (non-hydrogen) atoms. The van der Waals surface area contributed by atoms with Crippen LogP contribution in [0, 0.1) is 17.8 Å². The number of hydrogen-bond acceptors (Lipinski definition) is 3. The first kappa shape index (κ1) is 11.9. The second-order valence-electron chi connectivity index (χ2n) is 5.36. The molecule has 2 rings (SSSR count).